The van der Waals surface area contributed by atoms with Gasteiger partial charge in [0, 0.05) is 4.47 Å². The lowest BCUT2D eigenvalue weighted by Gasteiger charge is -2.08. The van der Waals surface area contributed by atoms with Gasteiger partial charge in [-0.1, -0.05) is 15.9 Å². The van der Waals surface area contributed by atoms with E-state index >= 15 is 0 Å². The molecule has 0 atom stereocenters. The number of ether oxygens (including phenoxy) is 2. The Kier molecular flexibility index (Phi) is 4.42. The van der Waals surface area contributed by atoms with Crippen molar-refractivity contribution < 1.29 is 14.3 Å². The molecule has 0 aliphatic rings. The first kappa shape index (κ1) is 13.6. The fraction of sp³-hybridized carbons (Fsp3) is 0.0833. The zero-order valence-corrected chi connectivity index (χ0v) is 13.3. The maximum Gasteiger partial charge on any atom is 0.351 e. The van der Waals surface area contributed by atoms with Crippen molar-refractivity contribution in [3.05, 3.63) is 43.5 Å². The van der Waals surface area contributed by atoms with Crippen LogP contribution in [0.25, 0.3) is 0 Å². The van der Waals surface area contributed by atoms with Crippen LogP contribution in [0.4, 0.5) is 0 Å². The highest BCUT2D eigenvalue weighted by Crippen LogP contribution is 2.35. The quantitative estimate of drug-likeness (QED) is 0.701. The molecule has 2 rings (SSSR count). The Hall–Kier alpha value is -0.850. The summed E-state index contributed by atoms with van der Waals surface area (Å²) in [7, 11) is 1.35. The lowest BCUT2D eigenvalue weighted by atomic mass is 10.3. The maximum absolute atomic E-state index is 11.5. The zero-order valence-electron chi connectivity index (χ0n) is 9.28. The highest BCUT2D eigenvalue weighted by atomic mass is 79.9. The zero-order chi connectivity index (χ0) is 13.1. The molecule has 0 unspecified atom stereocenters. The number of hydrogen-bond donors (Lipinski definition) is 0. The third-order valence-corrected chi connectivity index (χ3v) is 4.14. The highest BCUT2D eigenvalue weighted by Gasteiger charge is 2.16. The summed E-state index contributed by atoms with van der Waals surface area (Å²) in [6.45, 7) is 0. The Balaban J connectivity index is 2.32. The minimum Gasteiger partial charge on any atom is -0.465 e. The molecule has 1 aromatic heterocycles. The van der Waals surface area contributed by atoms with Crippen LogP contribution in [0.5, 0.6) is 11.5 Å². The SMILES string of the molecule is COC(=O)c1sccc1Oc1cc(Br)ccc1Br. The second-order valence-corrected chi connectivity index (χ2v) is 5.97. The lowest BCUT2D eigenvalue weighted by molar-refractivity contribution is 0.0604. The highest BCUT2D eigenvalue weighted by molar-refractivity contribution is 9.11. The molecule has 0 aliphatic carbocycles. The van der Waals surface area contributed by atoms with Crippen LogP contribution in [0, 0.1) is 0 Å². The molecule has 0 bridgehead atoms. The Morgan fingerprint density at radius 2 is 2.00 bits per heavy atom. The molecule has 0 amide bonds. The van der Waals surface area contributed by atoms with Crippen molar-refractivity contribution in [1.82, 2.24) is 0 Å². The summed E-state index contributed by atoms with van der Waals surface area (Å²) in [5, 5.41) is 1.79. The molecule has 18 heavy (non-hydrogen) atoms. The van der Waals surface area contributed by atoms with E-state index in [0.717, 1.165) is 8.95 Å². The van der Waals surface area contributed by atoms with Crippen LogP contribution >= 0.6 is 43.2 Å². The van der Waals surface area contributed by atoms with Gasteiger partial charge in [-0.2, -0.15) is 0 Å². The molecular weight excluding hydrogens is 384 g/mol. The Morgan fingerprint density at radius 3 is 2.72 bits per heavy atom. The standard InChI is InChI=1S/C12H8Br2O3S/c1-16-12(15)11-9(4-5-18-11)17-10-6-7(13)2-3-8(10)14/h2-6H,1H3. The summed E-state index contributed by atoms with van der Waals surface area (Å²) in [5.74, 6) is 0.727. The van der Waals surface area contributed by atoms with E-state index in [-0.39, 0.29) is 0 Å². The summed E-state index contributed by atoms with van der Waals surface area (Å²) in [5.41, 5.74) is 0. The molecule has 0 spiro atoms. The molecule has 0 aliphatic heterocycles. The number of hydrogen-bond acceptors (Lipinski definition) is 4. The van der Waals surface area contributed by atoms with Gasteiger partial charge in [-0.15, -0.1) is 11.3 Å². The molecule has 3 nitrogen and oxygen atoms in total. The number of thiophene rings is 1. The molecule has 0 radical (unpaired) electrons. The first-order chi connectivity index (χ1) is 8.61. The second-order valence-electron chi connectivity index (χ2n) is 3.28. The average Bonchev–Trinajstić information content (AvgIpc) is 2.81. The van der Waals surface area contributed by atoms with Gasteiger partial charge in [0.15, 0.2) is 10.6 Å². The Labute approximate surface area is 125 Å². The van der Waals surface area contributed by atoms with Crippen molar-refractivity contribution in [2.24, 2.45) is 0 Å². The normalized spacial score (nSPS) is 10.2. The average molecular weight is 392 g/mol. The van der Waals surface area contributed by atoms with Crippen LogP contribution in [-0.4, -0.2) is 13.1 Å². The summed E-state index contributed by atoms with van der Waals surface area (Å²) in [6, 6.07) is 7.32. The van der Waals surface area contributed by atoms with Gasteiger partial charge in [0.25, 0.3) is 0 Å². The Bertz CT molecular complexity index is 580. The molecule has 0 fully saturated rings. The van der Waals surface area contributed by atoms with Crippen LogP contribution in [0.1, 0.15) is 9.67 Å². The third kappa shape index (κ3) is 2.93. The number of halogens is 2. The number of carbonyl (C=O) groups excluding carboxylic acids is 1. The monoisotopic (exact) mass is 390 g/mol. The van der Waals surface area contributed by atoms with Crippen molar-refractivity contribution in [2.75, 3.05) is 7.11 Å². The van der Waals surface area contributed by atoms with E-state index in [0.29, 0.717) is 16.4 Å². The van der Waals surface area contributed by atoms with E-state index in [2.05, 4.69) is 31.9 Å². The van der Waals surface area contributed by atoms with Gasteiger partial charge in [0.05, 0.1) is 11.6 Å². The first-order valence-electron chi connectivity index (χ1n) is 4.90. The van der Waals surface area contributed by atoms with Crippen molar-refractivity contribution in [3.63, 3.8) is 0 Å². The topological polar surface area (TPSA) is 35.5 Å². The summed E-state index contributed by atoms with van der Waals surface area (Å²) in [4.78, 5) is 12.0. The van der Waals surface area contributed by atoms with E-state index in [1.165, 1.54) is 18.4 Å². The fourth-order valence-electron chi connectivity index (χ4n) is 1.29. The number of benzene rings is 1. The van der Waals surface area contributed by atoms with Gasteiger partial charge in [-0.05, 0) is 45.6 Å². The van der Waals surface area contributed by atoms with Crippen LogP contribution in [-0.2, 0) is 4.74 Å². The van der Waals surface area contributed by atoms with Crippen molar-refractivity contribution in [3.8, 4) is 11.5 Å². The van der Waals surface area contributed by atoms with E-state index in [4.69, 9.17) is 9.47 Å². The Morgan fingerprint density at radius 1 is 1.22 bits per heavy atom. The van der Waals surface area contributed by atoms with Gasteiger partial charge >= 0.3 is 5.97 Å². The number of rotatable bonds is 3. The summed E-state index contributed by atoms with van der Waals surface area (Å²) >= 11 is 8.05. The predicted molar refractivity (Wildman–Crippen MR) is 77.6 cm³/mol. The minimum atomic E-state index is -0.397. The predicted octanol–water partition coefficient (Wildman–Crippen LogP) is 4.85. The molecule has 2 aromatic rings. The molecular formula is C12H8Br2O3S. The number of carbonyl (C=O) groups is 1. The van der Waals surface area contributed by atoms with Crippen LogP contribution in [0.15, 0.2) is 38.6 Å². The van der Waals surface area contributed by atoms with Crippen molar-refractivity contribution in [2.45, 2.75) is 0 Å². The lowest BCUT2D eigenvalue weighted by Crippen LogP contribution is -2.00. The van der Waals surface area contributed by atoms with Crippen LogP contribution in [0.3, 0.4) is 0 Å². The van der Waals surface area contributed by atoms with Gasteiger partial charge < -0.3 is 9.47 Å². The van der Waals surface area contributed by atoms with E-state index in [9.17, 15) is 4.79 Å². The van der Waals surface area contributed by atoms with Crippen LogP contribution in [0.2, 0.25) is 0 Å². The van der Waals surface area contributed by atoms with Crippen LogP contribution < -0.4 is 4.74 Å². The first-order valence-corrected chi connectivity index (χ1v) is 7.37. The molecule has 6 heteroatoms. The summed E-state index contributed by atoms with van der Waals surface area (Å²) < 4.78 is 12.1. The molecule has 1 aromatic carbocycles. The number of esters is 1. The largest absolute Gasteiger partial charge is 0.465 e. The second kappa shape index (κ2) is 5.86. The smallest absolute Gasteiger partial charge is 0.351 e. The van der Waals surface area contributed by atoms with E-state index < -0.39 is 5.97 Å². The van der Waals surface area contributed by atoms with E-state index in [1.54, 1.807) is 11.4 Å². The maximum atomic E-state index is 11.5. The van der Waals surface area contributed by atoms with Gasteiger partial charge in [0.1, 0.15) is 5.75 Å². The third-order valence-electron chi connectivity index (χ3n) is 2.11. The van der Waals surface area contributed by atoms with Gasteiger partial charge in [0.2, 0.25) is 0 Å². The molecule has 0 N–H and O–H groups in total. The van der Waals surface area contributed by atoms with Crippen molar-refractivity contribution in [1.29, 1.82) is 0 Å². The minimum absolute atomic E-state index is 0.397. The molecule has 0 saturated heterocycles. The van der Waals surface area contributed by atoms with Gasteiger partial charge in [-0.25, -0.2) is 4.79 Å². The fourth-order valence-corrected chi connectivity index (χ4v) is 2.69. The molecule has 94 valence electrons. The summed E-state index contributed by atoms with van der Waals surface area (Å²) in [6.07, 6.45) is 0. The number of methoxy groups -OCH3 is 1. The van der Waals surface area contributed by atoms with E-state index in [1.807, 2.05) is 18.2 Å². The molecule has 1 heterocycles. The van der Waals surface area contributed by atoms with Crippen molar-refractivity contribution >= 4 is 49.2 Å². The molecule has 0 saturated carbocycles. The van der Waals surface area contributed by atoms with Gasteiger partial charge in [-0.3, -0.25) is 0 Å².